The molecule has 8 nitrogen and oxygen atoms in total. The largest absolute Gasteiger partial charge is 0.357 e. The second-order valence-electron chi connectivity index (χ2n) is 5.75. The molecule has 0 aromatic carbocycles. The molecular weight excluding hydrogens is 320 g/mol. The van der Waals surface area contributed by atoms with E-state index < -0.39 is 0 Å². The standard InChI is InChI=1S/C17H26N6O2/c1-2-19-17(20-9-5-11-23-10-4-7-16(23)25)21-13-15(24)22-14-6-3-8-18-12-14/h3,6,8,12H,2,4-5,7,9-11,13H2,1H3,(H,22,24)(H2,19,20,21). The fourth-order valence-electron chi connectivity index (χ4n) is 2.55. The molecule has 2 heterocycles. The van der Waals surface area contributed by atoms with Crippen molar-refractivity contribution in [3.63, 3.8) is 0 Å². The molecule has 1 fully saturated rings. The molecule has 0 unspecified atom stereocenters. The van der Waals surface area contributed by atoms with Gasteiger partial charge in [0.25, 0.3) is 0 Å². The summed E-state index contributed by atoms with van der Waals surface area (Å²) in [5.74, 6) is 0.636. The van der Waals surface area contributed by atoms with Gasteiger partial charge in [0.05, 0.1) is 11.9 Å². The Bertz CT molecular complexity index is 590. The predicted molar refractivity (Wildman–Crippen MR) is 97.3 cm³/mol. The highest BCUT2D eigenvalue weighted by atomic mass is 16.2. The van der Waals surface area contributed by atoms with E-state index in [0.717, 1.165) is 25.9 Å². The number of likely N-dealkylation sites (tertiary alicyclic amines) is 1. The van der Waals surface area contributed by atoms with E-state index in [2.05, 4.69) is 25.9 Å². The summed E-state index contributed by atoms with van der Waals surface area (Å²) in [6, 6.07) is 3.54. The van der Waals surface area contributed by atoms with Crippen LogP contribution in [0.25, 0.3) is 0 Å². The number of hydrogen-bond acceptors (Lipinski definition) is 4. The van der Waals surface area contributed by atoms with Crippen molar-refractivity contribution in [3.8, 4) is 0 Å². The fraction of sp³-hybridized carbons (Fsp3) is 0.529. The van der Waals surface area contributed by atoms with Crippen molar-refractivity contribution >= 4 is 23.5 Å². The van der Waals surface area contributed by atoms with E-state index in [0.29, 0.717) is 31.2 Å². The molecule has 0 aliphatic carbocycles. The van der Waals surface area contributed by atoms with E-state index in [1.54, 1.807) is 24.5 Å². The molecule has 1 aromatic rings. The number of nitrogens with zero attached hydrogens (tertiary/aromatic N) is 3. The van der Waals surface area contributed by atoms with E-state index in [-0.39, 0.29) is 18.4 Å². The van der Waals surface area contributed by atoms with Crippen LogP contribution in [0.15, 0.2) is 29.5 Å². The molecule has 1 aromatic heterocycles. The molecule has 0 atom stereocenters. The molecule has 0 saturated carbocycles. The average Bonchev–Trinajstić information content (AvgIpc) is 3.02. The zero-order valence-electron chi connectivity index (χ0n) is 14.6. The highest BCUT2D eigenvalue weighted by Crippen LogP contribution is 2.09. The first kappa shape index (κ1) is 18.7. The van der Waals surface area contributed by atoms with Crippen molar-refractivity contribution < 1.29 is 9.59 Å². The van der Waals surface area contributed by atoms with Gasteiger partial charge in [-0.2, -0.15) is 0 Å². The van der Waals surface area contributed by atoms with Crippen LogP contribution in [0.4, 0.5) is 5.69 Å². The maximum Gasteiger partial charge on any atom is 0.246 e. The summed E-state index contributed by atoms with van der Waals surface area (Å²) in [6.45, 7) is 5.01. The first-order valence-corrected chi connectivity index (χ1v) is 8.69. The first-order valence-electron chi connectivity index (χ1n) is 8.69. The van der Waals surface area contributed by atoms with Gasteiger partial charge in [-0.3, -0.25) is 14.6 Å². The smallest absolute Gasteiger partial charge is 0.246 e. The molecule has 3 N–H and O–H groups in total. The minimum Gasteiger partial charge on any atom is -0.357 e. The van der Waals surface area contributed by atoms with E-state index in [1.807, 2.05) is 11.8 Å². The van der Waals surface area contributed by atoms with Crippen molar-refractivity contribution in [2.45, 2.75) is 26.2 Å². The number of carbonyl (C=O) groups excluding carboxylic acids is 2. The van der Waals surface area contributed by atoms with Crippen LogP contribution in [0, 0.1) is 0 Å². The summed E-state index contributed by atoms with van der Waals surface area (Å²) < 4.78 is 0. The Labute approximate surface area is 148 Å². The SMILES string of the molecule is CCNC(=NCC(=O)Nc1cccnc1)NCCCN1CCCC1=O. The summed E-state index contributed by atoms with van der Waals surface area (Å²) in [5, 5.41) is 9.03. The number of aliphatic imine (C=N–C) groups is 1. The summed E-state index contributed by atoms with van der Waals surface area (Å²) in [5.41, 5.74) is 0.649. The second-order valence-corrected chi connectivity index (χ2v) is 5.75. The van der Waals surface area contributed by atoms with Crippen molar-refractivity contribution in [2.24, 2.45) is 4.99 Å². The van der Waals surface area contributed by atoms with Crippen LogP contribution in [0.5, 0.6) is 0 Å². The quantitative estimate of drug-likeness (QED) is 0.363. The van der Waals surface area contributed by atoms with Gasteiger partial charge in [-0.25, -0.2) is 4.99 Å². The number of rotatable bonds is 8. The van der Waals surface area contributed by atoms with E-state index in [4.69, 9.17) is 0 Å². The number of amides is 2. The Morgan fingerprint density at radius 2 is 2.28 bits per heavy atom. The normalized spacial score (nSPS) is 14.5. The summed E-state index contributed by atoms with van der Waals surface area (Å²) >= 11 is 0. The van der Waals surface area contributed by atoms with Crippen LogP contribution in [-0.2, 0) is 9.59 Å². The van der Waals surface area contributed by atoms with Gasteiger partial charge in [-0.15, -0.1) is 0 Å². The lowest BCUT2D eigenvalue weighted by molar-refractivity contribution is -0.127. The molecule has 136 valence electrons. The lowest BCUT2D eigenvalue weighted by atomic mass is 10.4. The third-order valence-corrected chi connectivity index (χ3v) is 3.74. The van der Waals surface area contributed by atoms with Crippen LogP contribution in [-0.4, -0.2) is 60.4 Å². The van der Waals surface area contributed by atoms with Gasteiger partial charge in [0, 0.05) is 38.8 Å². The van der Waals surface area contributed by atoms with Crippen molar-refractivity contribution in [1.82, 2.24) is 20.5 Å². The number of anilines is 1. The Morgan fingerprint density at radius 1 is 1.40 bits per heavy atom. The molecule has 2 amide bonds. The first-order chi connectivity index (χ1) is 12.2. The number of carbonyl (C=O) groups is 2. The Morgan fingerprint density at radius 3 is 2.96 bits per heavy atom. The molecule has 2 rings (SSSR count). The molecular formula is C17H26N6O2. The van der Waals surface area contributed by atoms with Crippen LogP contribution in [0.1, 0.15) is 26.2 Å². The van der Waals surface area contributed by atoms with Crippen LogP contribution < -0.4 is 16.0 Å². The van der Waals surface area contributed by atoms with E-state index in [9.17, 15) is 9.59 Å². The molecule has 0 spiro atoms. The molecule has 25 heavy (non-hydrogen) atoms. The minimum atomic E-state index is -0.201. The monoisotopic (exact) mass is 346 g/mol. The summed E-state index contributed by atoms with van der Waals surface area (Å²) in [6.07, 6.45) is 5.71. The molecule has 0 radical (unpaired) electrons. The Kier molecular flexibility index (Phi) is 7.68. The summed E-state index contributed by atoms with van der Waals surface area (Å²) in [4.78, 5) is 33.6. The van der Waals surface area contributed by atoms with Gasteiger partial charge in [0.15, 0.2) is 5.96 Å². The van der Waals surface area contributed by atoms with E-state index in [1.165, 1.54) is 0 Å². The summed E-state index contributed by atoms with van der Waals surface area (Å²) in [7, 11) is 0. The van der Waals surface area contributed by atoms with Crippen LogP contribution in [0.2, 0.25) is 0 Å². The average molecular weight is 346 g/mol. The lowest BCUT2D eigenvalue weighted by Crippen LogP contribution is -2.39. The molecule has 1 aliphatic heterocycles. The third-order valence-electron chi connectivity index (χ3n) is 3.74. The number of aromatic nitrogens is 1. The van der Waals surface area contributed by atoms with Gasteiger partial charge in [-0.05, 0) is 31.9 Å². The molecule has 1 aliphatic rings. The van der Waals surface area contributed by atoms with Crippen LogP contribution in [0.3, 0.4) is 0 Å². The predicted octanol–water partition coefficient (Wildman–Crippen LogP) is 0.588. The van der Waals surface area contributed by atoms with Crippen molar-refractivity contribution in [2.75, 3.05) is 38.0 Å². The van der Waals surface area contributed by atoms with Gasteiger partial charge >= 0.3 is 0 Å². The topological polar surface area (TPSA) is 98.7 Å². The highest BCUT2D eigenvalue weighted by molar-refractivity contribution is 5.93. The maximum absolute atomic E-state index is 11.9. The number of hydrogen-bond donors (Lipinski definition) is 3. The van der Waals surface area contributed by atoms with E-state index >= 15 is 0 Å². The van der Waals surface area contributed by atoms with Gasteiger partial charge in [-0.1, -0.05) is 0 Å². The van der Waals surface area contributed by atoms with Gasteiger partial charge in [0.1, 0.15) is 6.54 Å². The van der Waals surface area contributed by atoms with Crippen molar-refractivity contribution in [1.29, 1.82) is 0 Å². The second kappa shape index (κ2) is 10.3. The maximum atomic E-state index is 11.9. The number of guanidine groups is 1. The zero-order valence-corrected chi connectivity index (χ0v) is 14.6. The lowest BCUT2D eigenvalue weighted by Gasteiger charge is -2.16. The highest BCUT2D eigenvalue weighted by Gasteiger charge is 2.18. The Hall–Kier alpha value is -2.64. The molecule has 1 saturated heterocycles. The van der Waals surface area contributed by atoms with Crippen molar-refractivity contribution in [3.05, 3.63) is 24.5 Å². The zero-order chi connectivity index (χ0) is 17.9. The molecule has 8 heteroatoms. The molecule has 0 bridgehead atoms. The Balaban J connectivity index is 1.71. The van der Waals surface area contributed by atoms with Crippen LogP contribution >= 0.6 is 0 Å². The number of pyridine rings is 1. The fourth-order valence-corrected chi connectivity index (χ4v) is 2.55. The van der Waals surface area contributed by atoms with Gasteiger partial charge < -0.3 is 20.9 Å². The third kappa shape index (κ3) is 6.78. The number of nitrogens with one attached hydrogen (secondary N) is 3. The minimum absolute atomic E-state index is 0.0227. The van der Waals surface area contributed by atoms with Gasteiger partial charge in [0.2, 0.25) is 11.8 Å².